The van der Waals surface area contributed by atoms with Crippen molar-refractivity contribution in [3.63, 3.8) is 0 Å². The van der Waals surface area contributed by atoms with E-state index in [1.807, 2.05) is 12.1 Å². The molecule has 0 bridgehead atoms. The molecule has 0 amide bonds. The van der Waals surface area contributed by atoms with E-state index < -0.39 is 0 Å². The molecule has 0 aromatic heterocycles. The number of hydrogen-bond acceptors (Lipinski definition) is 4. The van der Waals surface area contributed by atoms with E-state index in [1.54, 1.807) is 19.1 Å². The van der Waals surface area contributed by atoms with Gasteiger partial charge in [0.2, 0.25) is 0 Å². The molecule has 0 saturated heterocycles. The number of aliphatic hydroxyl groups excluding tert-OH is 1. The van der Waals surface area contributed by atoms with Crippen molar-refractivity contribution in [1.82, 2.24) is 4.90 Å². The molecule has 104 valence electrons. The van der Waals surface area contributed by atoms with E-state index in [0.717, 1.165) is 6.54 Å². The standard InChI is InChI=1S/C15H22N2O2/c1-12(2)17(11-13(3)18)7-8-19-15-6-4-5-14(9-15)10-16/h4-6,9,12-13,18H,7-8,11H2,1-3H3/t13-/m1/s1. The van der Waals surface area contributed by atoms with Crippen molar-refractivity contribution in [2.24, 2.45) is 0 Å². The molecule has 0 saturated carbocycles. The average molecular weight is 262 g/mol. The lowest BCUT2D eigenvalue weighted by Gasteiger charge is -2.27. The van der Waals surface area contributed by atoms with Gasteiger partial charge in [0.25, 0.3) is 0 Å². The summed E-state index contributed by atoms with van der Waals surface area (Å²) in [5, 5.41) is 18.2. The quantitative estimate of drug-likeness (QED) is 0.817. The second-order valence-electron chi connectivity index (χ2n) is 4.93. The summed E-state index contributed by atoms with van der Waals surface area (Å²) in [6.07, 6.45) is -0.343. The van der Waals surface area contributed by atoms with Gasteiger partial charge < -0.3 is 9.84 Å². The van der Waals surface area contributed by atoms with E-state index in [4.69, 9.17) is 10.00 Å². The summed E-state index contributed by atoms with van der Waals surface area (Å²) in [5.41, 5.74) is 0.599. The maximum Gasteiger partial charge on any atom is 0.120 e. The highest BCUT2D eigenvalue weighted by Crippen LogP contribution is 2.12. The van der Waals surface area contributed by atoms with Gasteiger partial charge in [-0.1, -0.05) is 6.07 Å². The molecular formula is C15H22N2O2. The van der Waals surface area contributed by atoms with Crippen molar-refractivity contribution in [3.8, 4) is 11.8 Å². The van der Waals surface area contributed by atoms with E-state index >= 15 is 0 Å². The van der Waals surface area contributed by atoms with Crippen molar-refractivity contribution >= 4 is 0 Å². The molecule has 0 spiro atoms. The third-order valence-electron chi connectivity index (χ3n) is 2.84. The normalized spacial score (nSPS) is 12.5. The van der Waals surface area contributed by atoms with Crippen LogP contribution >= 0.6 is 0 Å². The molecule has 1 rings (SSSR count). The van der Waals surface area contributed by atoms with Crippen LogP contribution in [-0.4, -0.2) is 41.8 Å². The molecule has 1 aromatic rings. The van der Waals surface area contributed by atoms with Crippen LogP contribution in [-0.2, 0) is 0 Å². The van der Waals surface area contributed by atoms with Crippen molar-refractivity contribution in [2.45, 2.75) is 32.9 Å². The Bertz CT molecular complexity index is 424. The Labute approximate surface area is 115 Å². The summed E-state index contributed by atoms with van der Waals surface area (Å²) in [5.74, 6) is 0.708. The summed E-state index contributed by atoms with van der Waals surface area (Å²) in [7, 11) is 0. The molecule has 0 aliphatic heterocycles. The number of nitriles is 1. The number of hydrogen-bond donors (Lipinski definition) is 1. The first-order chi connectivity index (χ1) is 9.02. The lowest BCUT2D eigenvalue weighted by molar-refractivity contribution is 0.0955. The van der Waals surface area contributed by atoms with E-state index in [0.29, 0.717) is 30.5 Å². The van der Waals surface area contributed by atoms with E-state index in [2.05, 4.69) is 24.8 Å². The van der Waals surface area contributed by atoms with E-state index in [9.17, 15) is 5.11 Å². The zero-order valence-electron chi connectivity index (χ0n) is 11.8. The summed E-state index contributed by atoms with van der Waals surface area (Å²) in [6.45, 7) is 7.91. The molecule has 4 nitrogen and oxygen atoms in total. The van der Waals surface area contributed by atoms with Gasteiger partial charge >= 0.3 is 0 Å². The molecule has 4 heteroatoms. The lowest BCUT2D eigenvalue weighted by atomic mass is 10.2. The Balaban J connectivity index is 2.45. The van der Waals surface area contributed by atoms with Crippen LogP contribution in [0.15, 0.2) is 24.3 Å². The predicted molar refractivity (Wildman–Crippen MR) is 75.0 cm³/mol. The number of ether oxygens (including phenoxy) is 1. The zero-order valence-corrected chi connectivity index (χ0v) is 11.8. The smallest absolute Gasteiger partial charge is 0.120 e. The SMILES string of the molecule is CC(C)N(CCOc1cccc(C#N)c1)C[C@@H](C)O. The summed E-state index contributed by atoms with van der Waals surface area (Å²) in [4.78, 5) is 2.17. The molecule has 0 radical (unpaired) electrons. The fourth-order valence-corrected chi connectivity index (χ4v) is 1.84. The third kappa shape index (κ3) is 5.73. The predicted octanol–water partition coefficient (Wildman–Crippen LogP) is 2.03. The van der Waals surface area contributed by atoms with Crippen LogP contribution in [0.3, 0.4) is 0 Å². The van der Waals surface area contributed by atoms with Crippen LogP contribution in [0.4, 0.5) is 0 Å². The first-order valence-corrected chi connectivity index (χ1v) is 6.58. The molecule has 1 N–H and O–H groups in total. The highest BCUT2D eigenvalue weighted by molar-refractivity contribution is 5.36. The minimum absolute atomic E-state index is 0.343. The van der Waals surface area contributed by atoms with Crippen LogP contribution in [0.1, 0.15) is 26.3 Å². The van der Waals surface area contributed by atoms with Crippen molar-refractivity contribution in [3.05, 3.63) is 29.8 Å². The van der Waals surface area contributed by atoms with Gasteiger partial charge in [0.1, 0.15) is 12.4 Å². The van der Waals surface area contributed by atoms with Crippen LogP contribution in [0.25, 0.3) is 0 Å². The Hall–Kier alpha value is -1.57. The molecule has 0 heterocycles. The Morgan fingerprint density at radius 2 is 2.11 bits per heavy atom. The van der Waals surface area contributed by atoms with Crippen molar-refractivity contribution < 1.29 is 9.84 Å². The first kappa shape index (κ1) is 15.5. The summed E-state index contributed by atoms with van der Waals surface area (Å²) < 4.78 is 5.64. The minimum atomic E-state index is -0.343. The number of benzene rings is 1. The van der Waals surface area contributed by atoms with Crippen molar-refractivity contribution in [1.29, 1.82) is 5.26 Å². The van der Waals surface area contributed by atoms with Gasteiger partial charge in [-0.3, -0.25) is 4.90 Å². The summed E-state index contributed by atoms with van der Waals surface area (Å²) >= 11 is 0. The maximum absolute atomic E-state index is 9.44. The average Bonchev–Trinajstić information content (AvgIpc) is 2.37. The van der Waals surface area contributed by atoms with Gasteiger partial charge in [-0.25, -0.2) is 0 Å². The fourth-order valence-electron chi connectivity index (χ4n) is 1.84. The van der Waals surface area contributed by atoms with Crippen LogP contribution in [0.5, 0.6) is 5.75 Å². The minimum Gasteiger partial charge on any atom is -0.492 e. The Morgan fingerprint density at radius 3 is 2.68 bits per heavy atom. The molecule has 19 heavy (non-hydrogen) atoms. The number of aliphatic hydroxyl groups is 1. The number of nitrogens with zero attached hydrogens (tertiary/aromatic N) is 2. The molecule has 0 aliphatic rings. The molecule has 1 atom stereocenters. The van der Waals surface area contributed by atoms with Gasteiger partial charge in [-0.2, -0.15) is 5.26 Å². The topological polar surface area (TPSA) is 56.5 Å². The highest BCUT2D eigenvalue weighted by atomic mass is 16.5. The van der Waals surface area contributed by atoms with Crippen molar-refractivity contribution in [2.75, 3.05) is 19.7 Å². The molecule has 0 fully saturated rings. The highest BCUT2D eigenvalue weighted by Gasteiger charge is 2.11. The van der Waals surface area contributed by atoms with Gasteiger partial charge in [0.05, 0.1) is 17.7 Å². The van der Waals surface area contributed by atoms with Gasteiger partial charge in [0.15, 0.2) is 0 Å². The largest absolute Gasteiger partial charge is 0.492 e. The van der Waals surface area contributed by atoms with Gasteiger partial charge in [-0.05, 0) is 39.0 Å². The fraction of sp³-hybridized carbons (Fsp3) is 0.533. The lowest BCUT2D eigenvalue weighted by Crippen LogP contribution is -2.39. The third-order valence-corrected chi connectivity index (χ3v) is 2.84. The molecular weight excluding hydrogens is 240 g/mol. The number of rotatable bonds is 7. The molecule has 0 unspecified atom stereocenters. The second kappa shape index (κ2) is 7.78. The Morgan fingerprint density at radius 1 is 1.37 bits per heavy atom. The van der Waals surface area contributed by atoms with E-state index in [1.165, 1.54) is 0 Å². The second-order valence-corrected chi connectivity index (χ2v) is 4.93. The summed E-state index contributed by atoms with van der Waals surface area (Å²) in [6, 6.07) is 9.59. The monoisotopic (exact) mass is 262 g/mol. The van der Waals surface area contributed by atoms with Crippen LogP contribution < -0.4 is 4.74 Å². The van der Waals surface area contributed by atoms with Crippen LogP contribution in [0, 0.1) is 11.3 Å². The molecule has 0 aliphatic carbocycles. The molecule has 1 aromatic carbocycles. The van der Waals surface area contributed by atoms with Gasteiger partial charge in [-0.15, -0.1) is 0 Å². The maximum atomic E-state index is 9.44. The zero-order chi connectivity index (χ0) is 14.3. The van der Waals surface area contributed by atoms with Crippen LogP contribution in [0.2, 0.25) is 0 Å². The van der Waals surface area contributed by atoms with Gasteiger partial charge in [0, 0.05) is 19.1 Å². The first-order valence-electron chi connectivity index (χ1n) is 6.58. The van der Waals surface area contributed by atoms with E-state index in [-0.39, 0.29) is 6.10 Å². The Kier molecular flexibility index (Phi) is 6.34.